The Labute approximate surface area is 267 Å². The Morgan fingerprint density at radius 2 is 1.50 bits per heavy atom. The number of benzene rings is 4. The second-order valence-corrected chi connectivity index (χ2v) is 13.2. The molecule has 4 aromatic carbocycles. The fourth-order valence-corrected chi connectivity index (χ4v) is 6.36. The van der Waals surface area contributed by atoms with Crippen molar-refractivity contribution in [2.45, 2.75) is 43.8 Å². The maximum atomic E-state index is 15.0. The molecule has 2 amide bonds. The van der Waals surface area contributed by atoms with Crippen molar-refractivity contribution in [3.63, 3.8) is 0 Å². The van der Waals surface area contributed by atoms with Gasteiger partial charge >= 0.3 is 0 Å². The van der Waals surface area contributed by atoms with Crippen molar-refractivity contribution in [3.05, 3.63) is 130 Å². The Morgan fingerprint density at radius 1 is 0.841 bits per heavy atom. The number of anilines is 1. The summed E-state index contributed by atoms with van der Waals surface area (Å²) in [5.41, 5.74) is 1.08. The molecule has 0 saturated heterocycles. The number of halogens is 3. The highest BCUT2D eigenvalue weighted by atomic mass is 35.5. The fourth-order valence-electron chi connectivity index (χ4n) is 4.64. The predicted molar refractivity (Wildman–Crippen MR) is 172 cm³/mol. The number of hydrogen-bond acceptors (Lipinski definition) is 4. The van der Waals surface area contributed by atoms with Gasteiger partial charge in [-0.2, -0.15) is 0 Å². The van der Waals surface area contributed by atoms with Gasteiger partial charge in [0.1, 0.15) is 18.4 Å². The van der Waals surface area contributed by atoms with Gasteiger partial charge in [-0.15, -0.1) is 0 Å². The van der Waals surface area contributed by atoms with Crippen molar-refractivity contribution >= 4 is 50.7 Å². The van der Waals surface area contributed by atoms with E-state index >= 15 is 0 Å². The van der Waals surface area contributed by atoms with Crippen LogP contribution in [0.4, 0.5) is 10.1 Å². The van der Waals surface area contributed by atoms with Gasteiger partial charge in [-0.05, 0) is 67.9 Å². The second-order valence-electron chi connectivity index (χ2n) is 10.4. The molecule has 1 atom stereocenters. The van der Waals surface area contributed by atoms with Crippen LogP contribution < -0.4 is 9.62 Å². The molecule has 0 radical (unpaired) electrons. The third-order valence-electron chi connectivity index (χ3n) is 6.78. The van der Waals surface area contributed by atoms with Gasteiger partial charge in [0.25, 0.3) is 10.0 Å². The standard InChI is InChI=1S/C33H32Cl2FN3O4S/c1-23(2)37-33(41)31(19-24-9-4-3-5-10-24)38(21-25-11-6-7-14-30(25)36)32(40)22-39(28-13-8-12-27(35)20-28)44(42,43)29-17-15-26(34)16-18-29/h3-18,20,23,31H,19,21-22H2,1-2H3,(H,37,41). The Kier molecular flexibility index (Phi) is 11.0. The molecule has 0 aliphatic rings. The summed E-state index contributed by atoms with van der Waals surface area (Å²) in [7, 11) is -4.33. The normalized spacial score (nSPS) is 12.0. The molecule has 7 nitrogen and oxygen atoms in total. The third-order valence-corrected chi connectivity index (χ3v) is 9.05. The summed E-state index contributed by atoms with van der Waals surface area (Å²) in [4.78, 5) is 29.1. The van der Waals surface area contributed by atoms with E-state index in [4.69, 9.17) is 23.2 Å². The summed E-state index contributed by atoms with van der Waals surface area (Å²) >= 11 is 12.2. The van der Waals surface area contributed by atoms with Crippen LogP contribution in [0.2, 0.25) is 10.0 Å². The molecule has 0 aromatic heterocycles. The highest BCUT2D eigenvalue weighted by Crippen LogP contribution is 2.28. The zero-order chi connectivity index (χ0) is 31.9. The maximum absolute atomic E-state index is 15.0. The lowest BCUT2D eigenvalue weighted by Crippen LogP contribution is -2.54. The number of sulfonamides is 1. The van der Waals surface area contributed by atoms with E-state index in [1.807, 2.05) is 30.3 Å². The molecule has 0 aliphatic heterocycles. The summed E-state index contributed by atoms with van der Waals surface area (Å²) in [6.07, 6.45) is 0.112. The van der Waals surface area contributed by atoms with Crippen LogP contribution in [-0.2, 0) is 32.6 Å². The van der Waals surface area contributed by atoms with Crippen LogP contribution in [0.5, 0.6) is 0 Å². The molecule has 0 bridgehead atoms. The largest absolute Gasteiger partial charge is 0.352 e. The monoisotopic (exact) mass is 655 g/mol. The lowest BCUT2D eigenvalue weighted by atomic mass is 10.0. The second kappa shape index (κ2) is 14.7. The van der Waals surface area contributed by atoms with Crippen LogP contribution in [-0.4, -0.2) is 43.8 Å². The van der Waals surface area contributed by atoms with E-state index in [9.17, 15) is 22.4 Å². The van der Waals surface area contributed by atoms with Crippen LogP contribution in [0, 0.1) is 5.82 Å². The molecule has 4 aromatic rings. The van der Waals surface area contributed by atoms with Crippen molar-refractivity contribution in [3.8, 4) is 0 Å². The van der Waals surface area contributed by atoms with Gasteiger partial charge in [-0.3, -0.25) is 13.9 Å². The quantitative estimate of drug-likeness (QED) is 0.189. The Bertz CT molecular complexity index is 1700. The first-order valence-electron chi connectivity index (χ1n) is 13.9. The Balaban J connectivity index is 1.82. The van der Waals surface area contributed by atoms with Gasteiger partial charge in [0.15, 0.2) is 0 Å². The van der Waals surface area contributed by atoms with Gasteiger partial charge in [0.05, 0.1) is 10.6 Å². The molecular weight excluding hydrogens is 624 g/mol. The molecule has 0 aliphatic carbocycles. The van der Waals surface area contributed by atoms with Gasteiger partial charge in [-0.25, -0.2) is 12.8 Å². The summed E-state index contributed by atoms with van der Waals surface area (Å²) < 4.78 is 43.9. The topological polar surface area (TPSA) is 86.8 Å². The smallest absolute Gasteiger partial charge is 0.264 e. The first-order valence-corrected chi connectivity index (χ1v) is 16.1. The van der Waals surface area contributed by atoms with Gasteiger partial charge in [-0.1, -0.05) is 77.8 Å². The average molecular weight is 657 g/mol. The number of amides is 2. The molecule has 11 heteroatoms. The SMILES string of the molecule is CC(C)NC(=O)C(Cc1ccccc1)N(Cc1ccccc1F)C(=O)CN(c1cccc(Cl)c1)S(=O)(=O)c1ccc(Cl)cc1. The van der Waals surface area contributed by atoms with Crippen molar-refractivity contribution in [1.82, 2.24) is 10.2 Å². The van der Waals surface area contributed by atoms with Crippen LogP contribution >= 0.6 is 23.2 Å². The van der Waals surface area contributed by atoms with Gasteiger partial charge in [0.2, 0.25) is 11.8 Å². The number of nitrogens with one attached hydrogen (secondary N) is 1. The third kappa shape index (κ3) is 8.37. The molecule has 0 saturated carbocycles. The van der Waals surface area contributed by atoms with Crippen molar-refractivity contribution in [2.24, 2.45) is 0 Å². The first kappa shape index (κ1) is 33.0. The van der Waals surface area contributed by atoms with Crippen molar-refractivity contribution < 1.29 is 22.4 Å². The van der Waals surface area contributed by atoms with Gasteiger partial charge < -0.3 is 10.2 Å². The summed E-state index contributed by atoms with van der Waals surface area (Å²) in [6, 6.07) is 25.3. The molecule has 44 heavy (non-hydrogen) atoms. The zero-order valence-corrected chi connectivity index (χ0v) is 26.5. The van der Waals surface area contributed by atoms with E-state index in [0.29, 0.717) is 5.02 Å². The first-order chi connectivity index (χ1) is 21.0. The molecule has 1 N–H and O–H groups in total. The summed E-state index contributed by atoms with van der Waals surface area (Å²) in [5.74, 6) is -1.73. The Hall–Kier alpha value is -3.92. The van der Waals surface area contributed by atoms with E-state index in [2.05, 4.69) is 5.32 Å². The molecule has 1 unspecified atom stereocenters. The summed E-state index contributed by atoms with van der Waals surface area (Å²) in [6.45, 7) is 2.61. The lowest BCUT2D eigenvalue weighted by Gasteiger charge is -2.34. The van der Waals surface area contributed by atoms with Crippen LogP contribution in [0.25, 0.3) is 0 Å². The fraction of sp³-hybridized carbons (Fsp3) is 0.212. The minimum absolute atomic E-state index is 0.103. The minimum atomic E-state index is -4.33. The number of hydrogen-bond donors (Lipinski definition) is 1. The van der Waals surface area contributed by atoms with E-state index in [1.165, 1.54) is 59.5 Å². The van der Waals surface area contributed by atoms with E-state index in [0.717, 1.165) is 9.87 Å². The highest BCUT2D eigenvalue weighted by Gasteiger charge is 2.35. The number of carbonyl (C=O) groups excluding carboxylic acids is 2. The maximum Gasteiger partial charge on any atom is 0.264 e. The zero-order valence-electron chi connectivity index (χ0n) is 24.2. The molecule has 0 heterocycles. The molecule has 4 rings (SSSR count). The summed E-state index contributed by atoms with van der Waals surface area (Å²) in [5, 5.41) is 3.46. The Morgan fingerprint density at radius 3 is 2.14 bits per heavy atom. The van der Waals surface area contributed by atoms with Crippen LogP contribution in [0.1, 0.15) is 25.0 Å². The van der Waals surface area contributed by atoms with Crippen LogP contribution in [0.3, 0.4) is 0 Å². The van der Waals surface area contributed by atoms with E-state index in [-0.39, 0.29) is 40.2 Å². The van der Waals surface area contributed by atoms with Gasteiger partial charge in [0, 0.05) is 34.6 Å². The molecule has 0 fully saturated rings. The number of carbonyl (C=O) groups is 2. The predicted octanol–water partition coefficient (Wildman–Crippen LogP) is 6.49. The van der Waals surface area contributed by atoms with Crippen LogP contribution in [0.15, 0.2) is 108 Å². The van der Waals surface area contributed by atoms with E-state index < -0.39 is 40.2 Å². The lowest BCUT2D eigenvalue weighted by molar-refractivity contribution is -0.140. The highest BCUT2D eigenvalue weighted by molar-refractivity contribution is 7.92. The van der Waals surface area contributed by atoms with Crippen molar-refractivity contribution in [2.75, 3.05) is 10.8 Å². The number of rotatable bonds is 12. The molecular formula is C33H32Cl2FN3O4S. The van der Waals surface area contributed by atoms with Crippen molar-refractivity contribution in [1.29, 1.82) is 0 Å². The average Bonchev–Trinajstić information content (AvgIpc) is 2.98. The number of nitrogens with zero attached hydrogens (tertiary/aromatic N) is 2. The minimum Gasteiger partial charge on any atom is -0.352 e. The van der Waals surface area contributed by atoms with E-state index in [1.54, 1.807) is 32.0 Å². The molecule has 230 valence electrons. The molecule has 0 spiro atoms.